The van der Waals surface area contributed by atoms with Gasteiger partial charge in [-0.1, -0.05) is 11.6 Å². The number of morpholine rings is 1. The lowest BCUT2D eigenvalue weighted by Crippen LogP contribution is -2.52. The number of aryl methyl sites for hydroxylation is 1. The van der Waals surface area contributed by atoms with Crippen LogP contribution < -0.4 is 0 Å². The molecule has 2 heterocycles. The highest BCUT2D eigenvalue weighted by atomic mass is 35.5. The van der Waals surface area contributed by atoms with Gasteiger partial charge in [0, 0.05) is 23.2 Å². The lowest BCUT2D eigenvalue weighted by molar-refractivity contribution is -0.158. The molecule has 1 aliphatic heterocycles. The van der Waals surface area contributed by atoms with Crippen LogP contribution in [-0.4, -0.2) is 47.7 Å². The molecule has 0 aromatic carbocycles. The number of carboxylic acids is 1. The summed E-state index contributed by atoms with van der Waals surface area (Å²) in [6.45, 7) is 0.785. The summed E-state index contributed by atoms with van der Waals surface area (Å²) in [6.07, 6.45) is 0.876. The monoisotopic (exact) mass is 303 g/mol. The van der Waals surface area contributed by atoms with Gasteiger partial charge in [-0.25, -0.2) is 4.79 Å². The first-order valence-corrected chi connectivity index (χ1v) is 7.16. The van der Waals surface area contributed by atoms with Crippen molar-refractivity contribution in [3.8, 4) is 0 Å². The normalized spacial score (nSPS) is 19.4. The maximum Gasteiger partial charge on any atom is 0.328 e. The third kappa shape index (κ3) is 3.68. The average Bonchev–Trinajstić information content (AvgIpc) is 2.81. The van der Waals surface area contributed by atoms with Crippen LogP contribution in [0.25, 0.3) is 0 Å². The molecular formula is C12H14ClNO4S. The Hall–Kier alpha value is -1.11. The Morgan fingerprint density at radius 3 is 3.00 bits per heavy atom. The first kappa shape index (κ1) is 14.3. The number of thiophene rings is 1. The summed E-state index contributed by atoms with van der Waals surface area (Å²) in [5.41, 5.74) is 0. The molecule has 2 rings (SSSR count). The van der Waals surface area contributed by atoms with Crippen molar-refractivity contribution >= 4 is 34.8 Å². The van der Waals surface area contributed by atoms with E-state index in [2.05, 4.69) is 0 Å². The summed E-state index contributed by atoms with van der Waals surface area (Å²) in [4.78, 5) is 25.5. The van der Waals surface area contributed by atoms with Crippen molar-refractivity contribution in [2.45, 2.75) is 18.9 Å². The summed E-state index contributed by atoms with van der Waals surface area (Å²) in [6, 6.07) is 0.959. The van der Waals surface area contributed by atoms with Gasteiger partial charge in [0.05, 0.1) is 18.2 Å². The molecule has 0 radical (unpaired) electrons. The van der Waals surface area contributed by atoms with Crippen molar-refractivity contribution < 1.29 is 19.4 Å². The van der Waals surface area contributed by atoms with E-state index in [-0.39, 0.29) is 12.5 Å². The highest BCUT2D eigenvalue weighted by Gasteiger charge is 2.32. The maximum absolute atomic E-state index is 12.1. The zero-order chi connectivity index (χ0) is 13.8. The summed E-state index contributed by atoms with van der Waals surface area (Å²) in [7, 11) is 0. The molecule has 1 N–H and O–H groups in total. The van der Waals surface area contributed by atoms with Gasteiger partial charge in [0.1, 0.15) is 0 Å². The number of hydrogen-bond acceptors (Lipinski definition) is 4. The van der Waals surface area contributed by atoms with E-state index in [4.69, 9.17) is 21.4 Å². The molecule has 1 aromatic rings. The van der Waals surface area contributed by atoms with E-state index >= 15 is 0 Å². The van der Waals surface area contributed by atoms with Crippen LogP contribution in [0.5, 0.6) is 0 Å². The maximum atomic E-state index is 12.1. The molecular weight excluding hydrogens is 290 g/mol. The second-order valence-corrected chi connectivity index (χ2v) is 5.68. The number of aliphatic carboxylic acids is 1. The van der Waals surface area contributed by atoms with Gasteiger partial charge < -0.3 is 14.7 Å². The number of nitrogens with zero attached hydrogens (tertiary/aromatic N) is 1. The summed E-state index contributed by atoms with van der Waals surface area (Å²) >= 11 is 7.31. The third-order valence-corrected chi connectivity index (χ3v) is 4.29. The molecule has 1 atom stereocenters. The van der Waals surface area contributed by atoms with Crippen LogP contribution in [-0.2, 0) is 20.7 Å². The van der Waals surface area contributed by atoms with Crippen LogP contribution in [0, 0.1) is 0 Å². The molecule has 1 saturated heterocycles. The number of rotatable bonds is 4. The fourth-order valence-corrected chi connectivity index (χ4v) is 3.04. The number of carboxylic acid groups (broad SMARTS) is 1. The van der Waals surface area contributed by atoms with Gasteiger partial charge >= 0.3 is 5.97 Å². The molecule has 0 aliphatic carbocycles. The third-order valence-electron chi connectivity index (χ3n) is 2.94. The van der Waals surface area contributed by atoms with Gasteiger partial charge in [-0.3, -0.25) is 4.79 Å². The number of halogens is 1. The van der Waals surface area contributed by atoms with Gasteiger partial charge in [-0.15, -0.1) is 11.3 Å². The van der Waals surface area contributed by atoms with Crippen molar-refractivity contribution in [1.82, 2.24) is 4.90 Å². The molecule has 1 unspecified atom stereocenters. The van der Waals surface area contributed by atoms with Crippen molar-refractivity contribution in [2.24, 2.45) is 0 Å². The highest BCUT2D eigenvalue weighted by molar-refractivity contribution is 7.10. The lowest BCUT2D eigenvalue weighted by Gasteiger charge is -2.32. The van der Waals surface area contributed by atoms with E-state index in [0.29, 0.717) is 31.0 Å². The molecule has 104 valence electrons. The van der Waals surface area contributed by atoms with Crippen molar-refractivity contribution in [3.63, 3.8) is 0 Å². The minimum Gasteiger partial charge on any atom is -0.480 e. The molecule has 7 heteroatoms. The number of amides is 1. The van der Waals surface area contributed by atoms with E-state index in [1.54, 1.807) is 0 Å². The fraction of sp³-hybridized carbons (Fsp3) is 0.500. The SMILES string of the molecule is O=C(O)C1COCCN1C(=O)CCc1cc(Cl)cs1. The molecule has 1 fully saturated rings. The topological polar surface area (TPSA) is 66.8 Å². The van der Waals surface area contributed by atoms with E-state index in [9.17, 15) is 9.59 Å². The molecule has 0 bridgehead atoms. The highest BCUT2D eigenvalue weighted by Crippen LogP contribution is 2.21. The summed E-state index contributed by atoms with van der Waals surface area (Å²) in [5, 5.41) is 11.5. The Morgan fingerprint density at radius 2 is 2.37 bits per heavy atom. The van der Waals surface area contributed by atoms with Gasteiger partial charge in [-0.2, -0.15) is 0 Å². The van der Waals surface area contributed by atoms with Gasteiger partial charge in [0.2, 0.25) is 5.91 Å². The Kier molecular flexibility index (Phi) is 4.79. The Balaban J connectivity index is 1.92. The van der Waals surface area contributed by atoms with Crippen LogP contribution in [0.1, 0.15) is 11.3 Å². The number of hydrogen-bond donors (Lipinski definition) is 1. The molecule has 0 saturated carbocycles. The van der Waals surface area contributed by atoms with Crippen molar-refractivity contribution in [1.29, 1.82) is 0 Å². The lowest BCUT2D eigenvalue weighted by atomic mass is 10.2. The van der Waals surface area contributed by atoms with E-state index < -0.39 is 12.0 Å². The van der Waals surface area contributed by atoms with Crippen LogP contribution in [0.15, 0.2) is 11.4 Å². The largest absolute Gasteiger partial charge is 0.480 e. The Labute approximate surface area is 119 Å². The number of carbonyl (C=O) groups is 2. The van der Waals surface area contributed by atoms with Crippen LogP contribution >= 0.6 is 22.9 Å². The van der Waals surface area contributed by atoms with Crippen LogP contribution in [0.4, 0.5) is 0 Å². The molecule has 0 spiro atoms. The smallest absolute Gasteiger partial charge is 0.328 e. The number of carbonyl (C=O) groups excluding carboxylic acids is 1. The van der Waals surface area contributed by atoms with Gasteiger partial charge in [-0.05, 0) is 12.5 Å². The molecule has 1 aliphatic rings. The van der Waals surface area contributed by atoms with Crippen molar-refractivity contribution in [2.75, 3.05) is 19.8 Å². The first-order chi connectivity index (χ1) is 9.08. The number of ether oxygens (including phenoxy) is 1. The first-order valence-electron chi connectivity index (χ1n) is 5.91. The zero-order valence-corrected chi connectivity index (χ0v) is 11.7. The van der Waals surface area contributed by atoms with E-state index in [1.165, 1.54) is 16.2 Å². The zero-order valence-electron chi connectivity index (χ0n) is 10.2. The predicted molar refractivity (Wildman–Crippen MR) is 71.6 cm³/mol. The Bertz CT molecular complexity index is 476. The van der Waals surface area contributed by atoms with Gasteiger partial charge in [0.15, 0.2) is 6.04 Å². The van der Waals surface area contributed by atoms with Gasteiger partial charge in [0.25, 0.3) is 0 Å². The second-order valence-electron chi connectivity index (χ2n) is 4.25. The molecule has 1 aromatic heterocycles. The summed E-state index contributed by atoms with van der Waals surface area (Å²) < 4.78 is 5.10. The molecule has 1 amide bonds. The Morgan fingerprint density at radius 1 is 1.58 bits per heavy atom. The van der Waals surface area contributed by atoms with Crippen LogP contribution in [0.3, 0.4) is 0 Å². The van der Waals surface area contributed by atoms with Crippen LogP contribution in [0.2, 0.25) is 5.02 Å². The van der Waals surface area contributed by atoms with E-state index in [0.717, 1.165) is 4.88 Å². The minimum atomic E-state index is -1.02. The second kappa shape index (κ2) is 6.36. The minimum absolute atomic E-state index is 0.0614. The average molecular weight is 304 g/mol. The van der Waals surface area contributed by atoms with E-state index in [1.807, 2.05) is 11.4 Å². The molecule has 5 nitrogen and oxygen atoms in total. The van der Waals surface area contributed by atoms with Crippen molar-refractivity contribution in [3.05, 3.63) is 21.3 Å². The fourth-order valence-electron chi connectivity index (χ4n) is 1.97. The summed E-state index contributed by atoms with van der Waals surface area (Å²) in [5.74, 6) is -1.17. The predicted octanol–water partition coefficient (Wildman–Crippen LogP) is 1.65. The standard InChI is InChI=1S/C12H14ClNO4S/c13-8-5-9(19-7-8)1-2-11(15)14-3-4-18-6-10(14)12(16)17/h5,7,10H,1-4,6H2,(H,16,17). The molecule has 19 heavy (non-hydrogen) atoms. The quantitative estimate of drug-likeness (QED) is 0.918.